The van der Waals surface area contributed by atoms with Crippen LogP contribution < -0.4 is 19.7 Å². The lowest BCUT2D eigenvalue weighted by Gasteiger charge is -2.22. The van der Waals surface area contributed by atoms with Crippen LogP contribution in [0.4, 0.5) is 11.6 Å². The number of pyridine rings is 1. The van der Waals surface area contributed by atoms with Gasteiger partial charge in [-0.1, -0.05) is 29.8 Å². The normalized spacial score (nSPS) is 20.4. The fraction of sp³-hybridized carbons (Fsp3) is 0.393. The molecule has 208 valence electrons. The molecule has 0 amide bonds. The zero-order valence-electron chi connectivity index (χ0n) is 22.1. The summed E-state index contributed by atoms with van der Waals surface area (Å²) in [7, 11) is 3.01. The van der Waals surface area contributed by atoms with Gasteiger partial charge < -0.3 is 24.4 Å². The van der Waals surface area contributed by atoms with E-state index in [9.17, 15) is 10.1 Å². The molecule has 10 nitrogen and oxygen atoms in total. The summed E-state index contributed by atoms with van der Waals surface area (Å²) in [6, 6.07) is 5.76. The van der Waals surface area contributed by atoms with Crippen LogP contribution in [0.2, 0.25) is 10.0 Å². The van der Waals surface area contributed by atoms with E-state index >= 15 is 0 Å². The molecule has 0 saturated carbocycles. The van der Waals surface area contributed by atoms with Crippen molar-refractivity contribution in [3.8, 4) is 29.0 Å². The molecule has 2 aliphatic rings. The Balaban J connectivity index is 1.60. The molecule has 40 heavy (non-hydrogen) atoms. The summed E-state index contributed by atoms with van der Waals surface area (Å²) in [4.78, 5) is 28.3. The number of ether oxygens (including phenoxy) is 3. The van der Waals surface area contributed by atoms with E-state index in [4.69, 9.17) is 47.4 Å². The molecule has 0 bridgehead atoms. The fourth-order valence-electron chi connectivity index (χ4n) is 5.08. The largest absolute Gasteiger partial charge is 0.495 e. The van der Waals surface area contributed by atoms with Gasteiger partial charge in [0.1, 0.15) is 23.1 Å². The van der Waals surface area contributed by atoms with Gasteiger partial charge in [-0.2, -0.15) is 5.26 Å². The van der Waals surface area contributed by atoms with E-state index < -0.39 is 0 Å². The molecular weight excluding hydrogens is 555 g/mol. The molecule has 1 N–H and O–H groups in total. The Labute approximate surface area is 241 Å². The molecule has 2 fully saturated rings. The number of nitriles is 1. The SMILES string of the molecule is C=CC(=O)C[C@H]1COC[C@H]1Nc1cc2c(N3CCC(C#N)C3)nc(-c3c(Cl)c(OC)cc(OC)c3Cl)nc2cn1. The van der Waals surface area contributed by atoms with Gasteiger partial charge in [0.05, 0.1) is 72.8 Å². The van der Waals surface area contributed by atoms with Gasteiger partial charge in [-0.25, -0.2) is 15.0 Å². The number of nitrogens with zero attached hydrogens (tertiary/aromatic N) is 5. The van der Waals surface area contributed by atoms with E-state index in [0.29, 0.717) is 66.9 Å². The highest BCUT2D eigenvalue weighted by Crippen LogP contribution is 2.46. The Morgan fingerprint density at radius 1 is 1.25 bits per heavy atom. The van der Waals surface area contributed by atoms with Crippen LogP contribution in [-0.2, 0) is 9.53 Å². The summed E-state index contributed by atoms with van der Waals surface area (Å²) in [6.07, 6.45) is 4.07. The maximum atomic E-state index is 12.0. The van der Waals surface area contributed by atoms with Crippen molar-refractivity contribution in [1.82, 2.24) is 15.0 Å². The van der Waals surface area contributed by atoms with Gasteiger partial charge >= 0.3 is 0 Å². The Bertz CT molecular complexity index is 1480. The maximum Gasteiger partial charge on any atom is 0.165 e. The number of aromatic nitrogens is 3. The lowest BCUT2D eigenvalue weighted by molar-refractivity contribution is -0.115. The first-order chi connectivity index (χ1) is 19.4. The van der Waals surface area contributed by atoms with Crippen molar-refractivity contribution in [2.75, 3.05) is 50.7 Å². The third-order valence-electron chi connectivity index (χ3n) is 7.25. The van der Waals surface area contributed by atoms with Crippen LogP contribution in [0.3, 0.4) is 0 Å². The zero-order chi connectivity index (χ0) is 28.4. The predicted octanol–water partition coefficient (Wildman–Crippen LogP) is 4.94. The van der Waals surface area contributed by atoms with Crippen molar-refractivity contribution in [2.24, 2.45) is 11.8 Å². The lowest BCUT2D eigenvalue weighted by atomic mass is 9.97. The Morgan fingerprint density at radius 2 is 2.00 bits per heavy atom. The summed E-state index contributed by atoms with van der Waals surface area (Å²) in [6.45, 7) is 5.69. The number of hydrogen-bond donors (Lipinski definition) is 1. The maximum absolute atomic E-state index is 12.0. The summed E-state index contributed by atoms with van der Waals surface area (Å²) < 4.78 is 16.5. The van der Waals surface area contributed by atoms with Crippen LogP contribution in [0.1, 0.15) is 12.8 Å². The van der Waals surface area contributed by atoms with E-state index in [0.717, 1.165) is 11.8 Å². The number of hydrogen-bond acceptors (Lipinski definition) is 10. The third-order valence-corrected chi connectivity index (χ3v) is 8.00. The number of benzene rings is 1. The number of ketones is 1. The predicted molar refractivity (Wildman–Crippen MR) is 153 cm³/mol. The number of carbonyl (C=O) groups is 1. The van der Waals surface area contributed by atoms with Crippen molar-refractivity contribution >= 4 is 51.5 Å². The van der Waals surface area contributed by atoms with Crippen molar-refractivity contribution in [3.05, 3.63) is 41.0 Å². The summed E-state index contributed by atoms with van der Waals surface area (Å²) in [5, 5.41) is 14.2. The van der Waals surface area contributed by atoms with Crippen LogP contribution >= 0.6 is 23.2 Å². The van der Waals surface area contributed by atoms with Gasteiger partial charge in [0.25, 0.3) is 0 Å². The topological polar surface area (TPSA) is 122 Å². The molecule has 3 aromatic rings. The van der Waals surface area contributed by atoms with Crippen molar-refractivity contribution in [3.63, 3.8) is 0 Å². The van der Waals surface area contributed by atoms with E-state index in [1.165, 1.54) is 20.3 Å². The molecule has 5 rings (SSSR count). The minimum Gasteiger partial charge on any atom is -0.495 e. The van der Waals surface area contributed by atoms with Crippen molar-refractivity contribution < 1.29 is 19.0 Å². The number of methoxy groups -OCH3 is 2. The standard InChI is InChI=1S/C28H28Cl2N6O4/c1-4-17(37)7-16-13-40-14-20(16)33-23-8-18-19(11-32-23)34-27(35-28(18)36-6-5-15(10-31)12-36)24-25(29)21(38-2)9-22(39-3)26(24)30/h4,8-9,11,15-16,20H,1,5-7,12-14H2,2-3H3,(H,32,33)/t15?,16-,20+/m0/s1. The Morgan fingerprint density at radius 3 is 2.65 bits per heavy atom. The van der Waals surface area contributed by atoms with Crippen LogP contribution in [0.25, 0.3) is 22.3 Å². The van der Waals surface area contributed by atoms with Crippen LogP contribution in [0.15, 0.2) is 31.0 Å². The molecule has 4 heterocycles. The molecule has 3 atom stereocenters. The molecule has 2 aromatic heterocycles. The summed E-state index contributed by atoms with van der Waals surface area (Å²) in [5.74, 6) is 2.13. The number of nitrogens with one attached hydrogen (secondary N) is 1. The number of rotatable bonds is 9. The molecule has 2 saturated heterocycles. The smallest absolute Gasteiger partial charge is 0.165 e. The highest BCUT2D eigenvalue weighted by atomic mass is 35.5. The third kappa shape index (κ3) is 5.37. The molecular formula is C28H28Cl2N6O4. The van der Waals surface area contributed by atoms with Gasteiger partial charge in [-0.05, 0) is 18.6 Å². The fourth-order valence-corrected chi connectivity index (χ4v) is 5.75. The van der Waals surface area contributed by atoms with E-state index in [1.54, 1.807) is 12.3 Å². The minimum atomic E-state index is -0.115. The van der Waals surface area contributed by atoms with Gasteiger partial charge in [-0.15, -0.1) is 0 Å². The second kappa shape index (κ2) is 11.8. The summed E-state index contributed by atoms with van der Waals surface area (Å²) in [5.41, 5.74) is 0.944. The quantitative estimate of drug-likeness (QED) is 0.347. The van der Waals surface area contributed by atoms with Crippen molar-refractivity contribution in [2.45, 2.75) is 18.9 Å². The summed E-state index contributed by atoms with van der Waals surface area (Å²) >= 11 is 13.4. The van der Waals surface area contributed by atoms with E-state index in [-0.39, 0.29) is 39.5 Å². The van der Waals surface area contributed by atoms with Gasteiger partial charge in [0.2, 0.25) is 0 Å². The number of allylic oxidation sites excluding steroid dienone is 1. The van der Waals surface area contributed by atoms with Gasteiger partial charge in [0, 0.05) is 36.9 Å². The first-order valence-corrected chi connectivity index (χ1v) is 13.5. The average Bonchev–Trinajstić information content (AvgIpc) is 3.62. The zero-order valence-corrected chi connectivity index (χ0v) is 23.6. The van der Waals surface area contributed by atoms with Crippen LogP contribution in [0, 0.1) is 23.2 Å². The molecule has 0 aliphatic carbocycles. The number of anilines is 2. The van der Waals surface area contributed by atoms with Crippen molar-refractivity contribution in [1.29, 1.82) is 5.26 Å². The van der Waals surface area contributed by atoms with Gasteiger partial charge in [0.15, 0.2) is 11.6 Å². The first kappa shape index (κ1) is 27.9. The molecule has 12 heteroatoms. The van der Waals surface area contributed by atoms with Crippen LogP contribution in [-0.4, -0.2) is 67.3 Å². The average molecular weight is 583 g/mol. The van der Waals surface area contributed by atoms with E-state index in [1.807, 2.05) is 6.07 Å². The molecule has 1 aromatic carbocycles. The van der Waals surface area contributed by atoms with E-state index in [2.05, 4.69) is 27.8 Å². The highest BCUT2D eigenvalue weighted by molar-refractivity contribution is 6.41. The highest BCUT2D eigenvalue weighted by Gasteiger charge is 2.31. The van der Waals surface area contributed by atoms with Gasteiger partial charge in [-0.3, -0.25) is 4.79 Å². The Hall–Kier alpha value is -3.65. The number of carbonyl (C=O) groups excluding carboxylic acids is 1. The van der Waals surface area contributed by atoms with Crippen LogP contribution in [0.5, 0.6) is 11.5 Å². The first-order valence-electron chi connectivity index (χ1n) is 12.8. The molecule has 1 unspecified atom stereocenters. The number of fused-ring (bicyclic) bond motifs is 1. The number of halogens is 2. The molecule has 2 aliphatic heterocycles. The lowest BCUT2D eigenvalue weighted by Crippen LogP contribution is -2.29. The Kier molecular flexibility index (Phi) is 8.26. The minimum absolute atomic E-state index is 0.00314. The molecule has 0 spiro atoms. The second-order valence-corrected chi connectivity index (χ2v) is 10.5. The second-order valence-electron chi connectivity index (χ2n) is 9.73. The molecule has 0 radical (unpaired) electrons. The monoisotopic (exact) mass is 582 g/mol.